The van der Waals surface area contributed by atoms with E-state index in [-0.39, 0.29) is 0 Å². The van der Waals surface area contributed by atoms with Crippen molar-refractivity contribution in [2.75, 3.05) is 6.54 Å². The predicted octanol–water partition coefficient (Wildman–Crippen LogP) is 2.82. The summed E-state index contributed by atoms with van der Waals surface area (Å²) in [6.45, 7) is 1.09. The van der Waals surface area contributed by atoms with E-state index < -0.39 is 0 Å². The number of hydrogen-bond acceptors (Lipinski definition) is 3. The topological polar surface area (TPSA) is 48.1 Å². The second-order valence-corrected chi connectivity index (χ2v) is 4.38. The normalized spacial score (nSPS) is 10.3. The van der Waals surface area contributed by atoms with E-state index in [1.807, 2.05) is 36.4 Å². The number of nitrogens with zero attached hydrogens (tertiary/aromatic N) is 1. The van der Waals surface area contributed by atoms with Crippen molar-refractivity contribution in [2.45, 2.75) is 13.0 Å². The lowest BCUT2D eigenvalue weighted by Gasteiger charge is -2.06. The van der Waals surface area contributed by atoms with E-state index in [1.165, 1.54) is 0 Å². The number of halogens is 1. The molecule has 0 bridgehead atoms. The molecule has 0 saturated carbocycles. The third kappa shape index (κ3) is 3.72. The summed E-state index contributed by atoms with van der Waals surface area (Å²) in [6, 6.07) is 11.4. The first-order valence-electron chi connectivity index (χ1n) is 5.80. The Morgan fingerprint density at radius 1 is 1.22 bits per heavy atom. The van der Waals surface area contributed by atoms with Crippen LogP contribution in [0.2, 0.25) is 5.02 Å². The molecule has 4 heteroatoms. The lowest BCUT2D eigenvalue weighted by molar-refractivity contribution is 0.305. The van der Waals surface area contributed by atoms with Gasteiger partial charge in [0.2, 0.25) is 0 Å². The van der Waals surface area contributed by atoms with Crippen LogP contribution >= 0.6 is 11.6 Å². The number of pyridine rings is 1. The van der Waals surface area contributed by atoms with Gasteiger partial charge in [0.15, 0.2) is 0 Å². The number of aromatic nitrogens is 1. The van der Waals surface area contributed by atoms with Gasteiger partial charge in [0.05, 0.1) is 6.20 Å². The van der Waals surface area contributed by atoms with E-state index in [1.54, 1.807) is 6.20 Å². The van der Waals surface area contributed by atoms with Gasteiger partial charge in [0, 0.05) is 17.1 Å². The van der Waals surface area contributed by atoms with Gasteiger partial charge < -0.3 is 10.5 Å². The predicted molar refractivity (Wildman–Crippen MR) is 72.8 cm³/mol. The van der Waals surface area contributed by atoms with Crippen LogP contribution in [0.3, 0.4) is 0 Å². The van der Waals surface area contributed by atoms with Gasteiger partial charge in [-0.25, -0.2) is 0 Å². The Morgan fingerprint density at radius 2 is 2.11 bits per heavy atom. The minimum absolute atomic E-state index is 0.485. The van der Waals surface area contributed by atoms with E-state index in [0.29, 0.717) is 18.2 Å². The van der Waals surface area contributed by atoms with Crippen LogP contribution in [0.25, 0.3) is 0 Å². The van der Waals surface area contributed by atoms with Gasteiger partial charge in [-0.1, -0.05) is 23.7 Å². The Morgan fingerprint density at radius 3 is 2.78 bits per heavy atom. The fraction of sp³-hybridized carbons (Fsp3) is 0.214. The number of rotatable bonds is 5. The van der Waals surface area contributed by atoms with Gasteiger partial charge in [0.25, 0.3) is 0 Å². The summed E-state index contributed by atoms with van der Waals surface area (Å²) in [6.07, 6.45) is 2.50. The van der Waals surface area contributed by atoms with Crippen molar-refractivity contribution in [2.24, 2.45) is 5.73 Å². The molecule has 1 heterocycles. The molecule has 94 valence electrons. The molecule has 0 unspecified atom stereocenters. The van der Waals surface area contributed by atoms with Crippen molar-refractivity contribution >= 4 is 11.6 Å². The summed E-state index contributed by atoms with van der Waals surface area (Å²) in [4.78, 5) is 4.27. The maximum Gasteiger partial charge on any atom is 0.138 e. The minimum atomic E-state index is 0.485. The molecule has 0 saturated heterocycles. The van der Waals surface area contributed by atoms with E-state index in [0.717, 1.165) is 23.4 Å². The van der Waals surface area contributed by atoms with Gasteiger partial charge in [-0.2, -0.15) is 0 Å². The summed E-state index contributed by atoms with van der Waals surface area (Å²) in [5, 5.41) is 0.715. The first-order chi connectivity index (χ1) is 8.78. The third-order valence-corrected chi connectivity index (χ3v) is 2.73. The van der Waals surface area contributed by atoms with Crippen molar-refractivity contribution < 1.29 is 4.74 Å². The van der Waals surface area contributed by atoms with Gasteiger partial charge in [-0.3, -0.25) is 4.98 Å². The van der Waals surface area contributed by atoms with Crippen LogP contribution in [-0.2, 0) is 13.0 Å². The molecular formula is C14H15ClN2O. The van der Waals surface area contributed by atoms with E-state index >= 15 is 0 Å². The number of nitrogens with two attached hydrogens (primary N) is 1. The minimum Gasteiger partial charge on any atom is -0.487 e. The van der Waals surface area contributed by atoms with Crippen molar-refractivity contribution in [1.82, 2.24) is 4.98 Å². The Labute approximate surface area is 112 Å². The average molecular weight is 263 g/mol. The number of benzene rings is 1. The van der Waals surface area contributed by atoms with Crippen molar-refractivity contribution in [1.29, 1.82) is 0 Å². The molecule has 0 aliphatic carbocycles. The monoisotopic (exact) mass is 262 g/mol. The Bertz CT molecular complexity index is 499. The Balaban J connectivity index is 1.93. The van der Waals surface area contributed by atoms with Crippen molar-refractivity contribution in [3.63, 3.8) is 0 Å². The van der Waals surface area contributed by atoms with Crippen LogP contribution in [0.1, 0.15) is 11.3 Å². The zero-order valence-corrected chi connectivity index (χ0v) is 10.7. The van der Waals surface area contributed by atoms with Crippen LogP contribution in [-0.4, -0.2) is 11.5 Å². The molecule has 0 aliphatic heterocycles. The molecule has 2 aromatic rings. The quantitative estimate of drug-likeness (QED) is 0.901. The van der Waals surface area contributed by atoms with Crippen LogP contribution < -0.4 is 10.5 Å². The summed E-state index contributed by atoms with van der Waals surface area (Å²) in [5.74, 6) is 0.746. The molecule has 1 aromatic carbocycles. The standard InChI is InChI=1S/C14H15ClN2O/c15-12-3-1-2-11(8-12)10-18-14-5-4-13(6-7-16)17-9-14/h1-5,8-9H,6-7,10,16H2. The zero-order valence-electron chi connectivity index (χ0n) is 9.97. The summed E-state index contributed by atoms with van der Waals surface area (Å²) < 4.78 is 5.63. The number of ether oxygens (including phenoxy) is 1. The lowest BCUT2D eigenvalue weighted by atomic mass is 10.2. The SMILES string of the molecule is NCCc1ccc(OCc2cccc(Cl)c2)cn1. The summed E-state index contributed by atoms with van der Waals surface area (Å²) in [7, 11) is 0. The molecule has 0 atom stereocenters. The maximum absolute atomic E-state index is 5.90. The fourth-order valence-electron chi connectivity index (χ4n) is 1.59. The van der Waals surface area contributed by atoms with Crippen LogP contribution in [0.15, 0.2) is 42.6 Å². The highest BCUT2D eigenvalue weighted by Gasteiger charge is 1.98. The zero-order chi connectivity index (χ0) is 12.8. The van der Waals surface area contributed by atoms with E-state index in [4.69, 9.17) is 22.1 Å². The molecule has 2 N–H and O–H groups in total. The first-order valence-corrected chi connectivity index (χ1v) is 6.18. The highest BCUT2D eigenvalue weighted by atomic mass is 35.5. The maximum atomic E-state index is 5.90. The van der Waals surface area contributed by atoms with Crippen LogP contribution in [0, 0.1) is 0 Å². The molecular weight excluding hydrogens is 248 g/mol. The Kier molecular flexibility index (Phi) is 4.56. The average Bonchev–Trinajstić information content (AvgIpc) is 2.38. The van der Waals surface area contributed by atoms with Gasteiger partial charge in [-0.15, -0.1) is 0 Å². The highest BCUT2D eigenvalue weighted by Crippen LogP contribution is 2.15. The van der Waals surface area contributed by atoms with E-state index in [2.05, 4.69) is 4.98 Å². The molecule has 0 aliphatic rings. The molecule has 0 amide bonds. The van der Waals surface area contributed by atoms with Gasteiger partial charge in [-0.05, 0) is 36.4 Å². The molecule has 18 heavy (non-hydrogen) atoms. The summed E-state index contributed by atoms with van der Waals surface area (Å²) >= 11 is 5.90. The largest absolute Gasteiger partial charge is 0.487 e. The molecule has 0 spiro atoms. The number of hydrogen-bond donors (Lipinski definition) is 1. The first kappa shape index (κ1) is 12.9. The van der Waals surface area contributed by atoms with E-state index in [9.17, 15) is 0 Å². The Hall–Kier alpha value is -1.58. The third-order valence-electron chi connectivity index (χ3n) is 2.49. The molecule has 0 fully saturated rings. The summed E-state index contributed by atoms with van der Waals surface area (Å²) in [5.41, 5.74) is 7.48. The fourth-order valence-corrected chi connectivity index (χ4v) is 1.80. The molecule has 0 radical (unpaired) electrons. The second kappa shape index (κ2) is 6.38. The second-order valence-electron chi connectivity index (χ2n) is 3.94. The van der Waals surface area contributed by atoms with Crippen molar-refractivity contribution in [3.8, 4) is 5.75 Å². The molecule has 1 aromatic heterocycles. The van der Waals surface area contributed by atoms with Gasteiger partial charge in [0.1, 0.15) is 12.4 Å². The van der Waals surface area contributed by atoms with Gasteiger partial charge >= 0.3 is 0 Å². The van der Waals surface area contributed by atoms with Crippen molar-refractivity contribution in [3.05, 3.63) is 58.9 Å². The molecule has 3 nitrogen and oxygen atoms in total. The lowest BCUT2D eigenvalue weighted by Crippen LogP contribution is -2.04. The smallest absolute Gasteiger partial charge is 0.138 e. The van der Waals surface area contributed by atoms with Crippen LogP contribution in [0.5, 0.6) is 5.75 Å². The highest BCUT2D eigenvalue weighted by molar-refractivity contribution is 6.30. The van der Waals surface area contributed by atoms with Crippen LogP contribution in [0.4, 0.5) is 0 Å². The molecule has 2 rings (SSSR count).